The average Bonchev–Trinajstić information content (AvgIpc) is 2.44. The van der Waals surface area contributed by atoms with Crippen LogP contribution >= 0.6 is 0 Å². The average molecular weight is 314 g/mol. The van der Waals surface area contributed by atoms with Crippen molar-refractivity contribution in [1.82, 2.24) is 4.98 Å². The van der Waals surface area contributed by atoms with Crippen LogP contribution < -0.4 is 16.0 Å². The highest BCUT2D eigenvalue weighted by molar-refractivity contribution is 7.92. The van der Waals surface area contributed by atoms with E-state index in [1.54, 1.807) is 0 Å². The third-order valence-electron chi connectivity index (χ3n) is 2.67. The van der Waals surface area contributed by atoms with Crippen LogP contribution in [-0.2, 0) is 10.0 Å². The van der Waals surface area contributed by atoms with E-state index >= 15 is 0 Å². The van der Waals surface area contributed by atoms with Crippen LogP contribution in [0.15, 0.2) is 35.5 Å². The van der Waals surface area contributed by atoms with Crippen LogP contribution in [0.3, 0.4) is 0 Å². The van der Waals surface area contributed by atoms with E-state index in [0.29, 0.717) is 0 Å². The second-order valence-electron chi connectivity index (χ2n) is 4.19. The van der Waals surface area contributed by atoms with Crippen LogP contribution in [0.2, 0.25) is 0 Å². The lowest BCUT2D eigenvalue weighted by molar-refractivity contribution is 0.589. The SMILES string of the molecule is Cc1cc(F)c(NS(=O)(=O)c2ncccc2NN)cc1F. The third-order valence-corrected chi connectivity index (χ3v) is 4.00. The molecule has 0 radical (unpaired) electrons. The van der Waals surface area contributed by atoms with Crippen molar-refractivity contribution < 1.29 is 17.2 Å². The molecule has 0 saturated carbocycles. The van der Waals surface area contributed by atoms with Gasteiger partial charge in [-0.2, -0.15) is 8.42 Å². The molecule has 0 amide bonds. The number of anilines is 2. The molecule has 0 bridgehead atoms. The predicted octanol–water partition coefficient (Wildman–Crippen LogP) is 1.75. The Bertz CT molecular complexity index is 781. The van der Waals surface area contributed by atoms with Crippen molar-refractivity contribution in [2.45, 2.75) is 11.9 Å². The lowest BCUT2D eigenvalue weighted by atomic mass is 10.2. The number of sulfonamides is 1. The summed E-state index contributed by atoms with van der Waals surface area (Å²) in [6, 6.07) is 4.52. The van der Waals surface area contributed by atoms with Crippen molar-refractivity contribution in [3.63, 3.8) is 0 Å². The number of aromatic nitrogens is 1. The van der Waals surface area contributed by atoms with E-state index in [1.807, 2.05) is 4.72 Å². The first-order chi connectivity index (χ1) is 9.85. The van der Waals surface area contributed by atoms with Gasteiger partial charge in [-0.15, -0.1) is 0 Å². The Labute approximate surface area is 120 Å². The molecule has 112 valence electrons. The summed E-state index contributed by atoms with van der Waals surface area (Å²) in [6.07, 6.45) is 1.24. The molecule has 0 atom stereocenters. The maximum atomic E-state index is 13.7. The fraction of sp³-hybridized carbons (Fsp3) is 0.0833. The maximum absolute atomic E-state index is 13.7. The predicted molar refractivity (Wildman–Crippen MR) is 74.0 cm³/mol. The van der Waals surface area contributed by atoms with Crippen LogP contribution in [0.4, 0.5) is 20.2 Å². The number of hydrogen-bond acceptors (Lipinski definition) is 5. The number of hydrogen-bond donors (Lipinski definition) is 3. The first-order valence-corrected chi connectivity index (χ1v) is 7.23. The van der Waals surface area contributed by atoms with Gasteiger partial charge >= 0.3 is 0 Å². The molecular weight excluding hydrogens is 302 g/mol. The Balaban J connectivity index is 2.45. The summed E-state index contributed by atoms with van der Waals surface area (Å²) < 4.78 is 53.4. The van der Waals surface area contributed by atoms with Gasteiger partial charge in [-0.1, -0.05) is 0 Å². The minimum Gasteiger partial charge on any atom is -0.321 e. The zero-order valence-corrected chi connectivity index (χ0v) is 11.7. The zero-order valence-electron chi connectivity index (χ0n) is 10.9. The van der Waals surface area contributed by atoms with Gasteiger partial charge in [0.25, 0.3) is 10.0 Å². The normalized spacial score (nSPS) is 11.2. The second-order valence-corrected chi connectivity index (χ2v) is 5.78. The van der Waals surface area contributed by atoms with E-state index in [4.69, 9.17) is 5.84 Å². The van der Waals surface area contributed by atoms with E-state index in [0.717, 1.165) is 12.1 Å². The molecule has 0 aliphatic carbocycles. The molecule has 0 unspecified atom stereocenters. The quantitative estimate of drug-likeness (QED) is 0.590. The van der Waals surface area contributed by atoms with E-state index in [1.165, 1.54) is 25.3 Å². The number of hydrazine groups is 1. The largest absolute Gasteiger partial charge is 0.321 e. The highest BCUT2D eigenvalue weighted by Crippen LogP contribution is 2.24. The molecule has 4 N–H and O–H groups in total. The number of benzene rings is 1. The van der Waals surface area contributed by atoms with E-state index in [-0.39, 0.29) is 11.3 Å². The lowest BCUT2D eigenvalue weighted by Gasteiger charge is -2.12. The fourth-order valence-corrected chi connectivity index (χ4v) is 2.79. The minimum absolute atomic E-state index is 0.0259. The number of nitrogen functional groups attached to an aromatic ring is 1. The van der Waals surface area contributed by atoms with Crippen LogP contribution in [0.1, 0.15) is 5.56 Å². The van der Waals surface area contributed by atoms with Gasteiger partial charge in [0, 0.05) is 12.3 Å². The van der Waals surface area contributed by atoms with Gasteiger partial charge in [0.2, 0.25) is 5.03 Å². The molecule has 9 heteroatoms. The lowest BCUT2D eigenvalue weighted by Crippen LogP contribution is -2.19. The number of rotatable bonds is 4. The summed E-state index contributed by atoms with van der Waals surface area (Å²) in [6.45, 7) is 1.37. The molecule has 2 aromatic rings. The number of aryl methyl sites for hydroxylation is 1. The topological polar surface area (TPSA) is 97.1 Å². The van der Waals surface area contributed by atoms with Crippen LogP contribution in [0, 0.1) is 18.6 Å². The molecule has 21 heavy (non-hydrogen) atoms. The highest BCUT2D eigenvalue weighted by atomic mass is 32.2. The van der Waals surface area contributed by atoms with Crippen molar-refractivity contribution in [2.75, 3.05) is 10.1 Å². The van der Waals surface area contributed by atoms with Crippen molar-refractivity contribution in [3.05, 3.63) is 47.7 Å². The number of nitrogens with zero attached hydrogens (tertiary/aromatic N) is 1. The van der Waals surface area contributed by atoms with Crippen LogP contribution in [-0.4, -0.2) is 13.4 Å². The van der Waals surface area contributed by atoms with Crippen LogP contribution in [0.25, 0.3) is 0 Å². The Kier molecular flexibility index (Phi) is 4.05. The molecule has 2 rings (SSSR count). The van der Waals surface area contributed by atoms with Gasteiger partial charge in [0.05, 0.1) is 11.4 Å². The van der Waals surface area contributed by atoms with Gasteiger partial charge in [-0.25, -0.2) is 13.8 Å². The molecule has 0 aliphatic rings. The zero-order chi connectivity index (χ0) is 15.6. The monoisotopic (exact) mass is 314 g/mol. The molecule has 1 heterocycles. The van der Waals surface area contributed by atoms with E-state index < -0.39 is 32.4 Å². The Morgan fingerprint density at radius 3 is 2.57 bits per heavy atom. The number of nitrogens with two attached hydrogens (primary N) is 1. The van der Waals surface area contributed by atoms with Gasteiger partial charge in [0.1, 0.15) is 11.6 Å². The van der Waals surface area contributed by atoms with Crippen molar-refractivity contribution in [3.8, 4) is 0 Å². The summed E-state index contributed by atoms with van der Waals surface area (Å²) in [4.78, 5) is 3.68. The number of halogens is 2. The summed E-state index contributed by atoms with van der Waals surface area (Å²) in [5.74, 6) is 3.58. The molecular formula is C12H12F2N4O2S. The van der Waals surface area contributed by atoms with Crippen molar-refractivity contribution in [2.24, 2.45) is 5.84 Å². The third kappa shape index (κ3) is 3.09. The van der Waals surface area contributed by atoms with Crippen molar-refractivity contribution in [1.29, 1.82) is 0 Å². The van der Waals surface area contributed by atoms with Gasteiger partial charge in [0.15, 0.2) is 0 Å². The standard InChI is InChI=1S/C12H12F2N4O2S/c1-7-5-9(14)11(6-8(7)13)18-21(19,20)12-10(17-15)3-2-4-16-12/h2-6,17-18H,15H2,1H3. The van der Waals surface area contributed by atoms with Crippen LogP contribution in [0.5, 0.6) is 0 Å². The molecule has 0 spiro atoms. The molecule has 1 aromatic heterocycles. The Morgan fingerprint density at radius 2 is 1.90 bits per heavy atom. The summed E-state index contributed by atoms with van der Waals surface area (Å²) in [7, 11) is -4.22. The fourth-order valence-electron chi connectivity index (χ4n) is 1.63. The highest BCUT2D eigenvalue weighted by Gasteiger charge is 2.22. The van der Waals surface area contributed by atoms with Crippen molar-refractivity contribution >= 4 is 21.4 Å². The summed E-state index contributed by atoms with van der Waals surface area (Å²) in [5.41, 5.74) is 1.76. The molecule has 6 nitrogen and oxygen atoms in total. The van der Waals surface area contributed by atoms with Gasteiger partial charge < -0.3 is 5.43 Å². The molecule has 0 fully saturated rings. The summed E-state index contributed by atoms with van der Waals surface area (Å²) >= 11 is 0. The van der Waals surface area contributed by atoms with E-state index in [2.05, 4.69) is 10.4 Å². The molecule has 0 saturated heterocycles. The number of nitrogens with one attached hydrogen (secondary N) is 2. The Morgan fingerprint density at radius 1 is 1.19 bits per heavy atom. The summed E-state index contributed by atoms with van der Waals surface area (Å²) in [5, 5.41) is -0.423. The van der Waals surface area contributed by atoms with Gasteiger partial charge in [-0.05, 0) is 30.7 Å². The smallest absolute Gasteiger partial charge is 0.281 e. The minimum atomic E-state index is -4.22. The first kappa shape index (κ1) is 15.1. The second kappa shape index (κ2) is 5.62. The van der Waals surface area contributed by atoms with Gasteiger partial charge in [-0.3, -0.25) is 10.6 Å². The van der Waals surface area contributed by atoms with E-state index in [9.17, 15) is 17.2 Å². The number of pyridine rings is 1. The first-order valence-electron chi connectivity index (χ1n) is 5.75. The Hall–Kier alpha value is -2.26. The molecule has 1 aromatic carbocycles. The maximum Gasteiger partial charge on any atom is 0.281 e. The molecule has 0 aliphatic heterocycles.